The first-order valence-corrected chi connectivity index (χ1v) is 7.18. The minimum absolute atomic E-state index is 0.646. The molecule has 0 aliphatic carbocycles. The Morgan fingerprint density at radius 1 is 1.00 bits per heavy atom. The van der Waals surface area contributed by atoms with Crippen LogP contribution in [0, 0.1) is 0 Å². The van der Waals surface area contributed by atoms with Crippen LogP contribution in [-0.4, -0.2) is 29.1 Å². The number of pyridine rings is 1. The molecule has 1 aromatic carbocycles. The fourth-order valence-corrected chi connectivity index (χ4v) is 2.54. The van der Waals surface area contributed by atoms with Crippen LogP contribution in [0.5, 0.6) is 0 Å². The van der Waals surface area contributed by atoms with E-state index in [-0.39, 0.29) is 0 Å². The van der Waals surface area contributed by atoms with Gasteiger partial charge in [0, 0.05) is 18.3 Å². The molecule has 0 spiro atoms. The average Bonchev–Trinajstić information content (AvgIpc) is 3.25. The molecular formula is C17H14N4O. The average molecular weight is 290 g/mol. The molecule has 0 bridgehead atoms. The maximum absolute atomic E-state index is 5.62. The van der Waals surface area contributed by atoms with Crippen LogP contribution < -0.4 is 5.32 Å². The van der Waals surface area contributed by atoms with E-state index in [0.29, 0.717) is 5.76 Å². The molecular weight excluding hydrogens is 276 g/mol. The molecule has 0 saturated heterocycles. The molecule has 4 rings (SSSR count). The van der Waals surface area contributed by atoms with E-state index in [1.807, 2.05) is 48.5 Å². The summed E-state index contributed by atoms with van der Waals surface area (Å²) < 4.78 is 5.62. The highest BCUT2D eigenvalue weighted by Gasteiger charge is 2.25. The summed E-state index contributed by atoms with van der Waals surface area (Å²) >= 11 is 0. The molecule has 22 heavy (non-hydrogen) atoms. The van der Waals surface area contributed by atoms with Gasteiger partial charge in [-0.3, -0.25) is 9.98 Å². The van der Waals surface area contributed by atoms with Crippen LogP contribution in [0.2, 0.25) is 0 Å². The Kier molecular flexibility index (Phi) is 3.16. The zero-order valence-electron chi connectivity index (χ0n) is 11.9. The Morgan fingerprint density at radius 3 is 2.59 bits per heavy atom. The van der Waals surface area contributed by atoms with Gasteiger partial charge in [0.15, 0.2) is 5.76 Å². The molecule has 108 valence electrons. The Labute approximate surface area is 127 Å². The van der Waals surface area contributed by atoms with Crippen molar-refractivity contribution in [2.45, 2.75) is 0 Å². The Hall–Kier alpha value is -2.95. The van der Waals surface area contributed by atoms with Crippen molar-refractivity contribution in [3.05, 3.63) is 60.3 Å². The summed E-state index contributed by atoms with van der Waals surface area (Å²) in [6.07, 6.45) is 1.74. The van der Waals surface area contributed by atoms with Gasteiger partial charge in [0.1, 0.15) is 17.2 Å². The van der Waals surface area contributed by atoms with Gasteiger partial charge < -0.3 is 9.84 Å². The number of hydrogen-bond acceptors (Lipinski definition) is 5. The van der Waals surface area contributed by atoms with Crippen LogP contribution >= 0.6 is 0 Å². The number of aliphatic imine (C=N–C) groups is 1. The molecule has 3 heterocycles. The minimum atomic E-state index is 0.646. The van der Waals surface area contributed by atoms with Crippen molar-refractivity contribution in [3.63, 3.8) is 0 Å². The molecule has 1 aliphatic heterocycles. The largest absolute Gasteiger partial charge is 0.368 e. The smallest absolute Gasteiger partial charge is 0.196 e. The second kappa shape index (κ2) is 5.44. The number of amidine groups is 1. The summed E-state index contributed by atoms with van der Waals surface area (Å²) in [7, 11) is 0. The normalized spacial score (nSPS) is 13.7. The third kappa shape index (κ3) is 2.16. The molecule has 0 fully saturated rings. The van der Waals surface area contributed by atoms with Gasteiger partial charge in [0.25, 0.3) is 0 Å². The lowest BCUT2D eigenvalue weighted by atomic mass is 10.0. The van der Waals surface area contributed by atoms with Crippen molar-refractivity contribution >= 4 is 5.84 Å². The van der Waals surface area contributed by atoms with E-state index in [2.05, 4.69) is 20.4 Å². The predicted octanol–water partition coefficient (Wildman–Crippen LogP) is 2.75. The fraction of sp³-hybridized carbons (Fsp3) is 0.118. The van der Waals surface area contributed by atoms with Crippen LogP contribution in [0.3, 0.4) is 0 Å². The van der Waals surface area contributed by atoms with E-state index in [4.69, 9.17) is 4.52 Å². The summed E-state index contributed by atoms with van der Waals surface area (Å²) in [5.41, 5.74) is 3.42. The number of aromatic nitrogens is 2. The van der Waals surface area contributed by atoms with Crippen LogP contribution in [0.1, 0.15) is 5.56 Å². The number of nitrogens with one attached hydrogen (secondary N) is 1. The first-order valence-electron chi connectivity index (χ1n) is 7.18. The molecule has 1 aliphatic rings. The van der Waals surface area contributed by atoms with Crippen LogP contribution in [0.25, 0.3) is 22.7 Å². The zero-order chi connectivity index (χ0) is 14.8. The molecule has 0 saturated carbocycles. The summed E-state index contributed by atoms with van der Waals surface area (Å²) in [5.74, 6) is 1.47. The topological polar surface area (TPSA) is 63.3 Å². The Bertz CT molecular complexity index is 752. The maximum atomic E-state index is 5.62. The number of rotatable bonds is 3. The standard InChI is InChI=1S/C17H14N4O/c1-2-6-12(7-3-1)15-14(17-19-10-11-20-17)16(22-21-15)13-8-4-5-9-18-13/h1-9H,10-11H2,(H,19,20). The number of hydrogen-bond donors (Lipinski definition) is 1. The maximum Gasteiger partial charge on any atom is 0.196 e. The van der Waals surface area contributed by atoms with Crippen LogP contribution in [0.15, 0.2) is 64.2 Å². The number of benzene rings is 1. The second-order valence-corrected chi connectivity index (χ2v) is 4.97. The SMILES string of the molecule is c1ccc(-c2noc(-c3ccccn3)c2C2=NCCN2)cc1. The monoisotopic (exact) mass is 290 g/mol. The quantitative estimate of drug-likeness (QED) is 0.805. The van der Waals surface area contributed by atoms with Gasteiger partial charge in [0.2, 0.25) is 0 Å². The van der Waals surface area contributed by atoms with Gasteiger partial charge in [-0.1, -0.05) is 41.6 Å². The van der Waals surface area contributed by atoms with Crippen LogP contribution in [-0.2, 0) is 0 Å². The summed E-state index contributed by atoms with van der Waals surface area (Å²) in [5, 5.41) is 7.57. The summed E-state index contributed by atoms with van der Waals surface area (Å²) in [6.45, 7) is 1.59. The van der Waals surface area contributed by atoms with Gasteiger partial charge >= 0.3 is 0 Å². The second-order valence-electron chi connectivity index (χ2n) is 4.97. The van der Waals surface area contributed by atoms with E-state index in [1.165, 1.54) is 0 Å². The first-order chi connectivity index (χ1) is 10.9. The van der Waals surface area contributed by atoms with Gasteiger partial charge in [-0.25, -0.2) is 0 Å². The highest BCUT2D eigenvalue weighted by molar-refractivity contribution is 6.08. The lowest BCUT2D eigenvalue weighted by Crippen LogP contribution is -2.20. The molecule has 0 radical (unpaired) electrons. The first kappa shape index (κ1) is 12.8. The van der Waals surface area contributed by atoms with Crippen molar-refractivity contribution < 1.29 is 4.52 Å². The predicted molar refractivity (Wildman–Crippen MR) is 84.6 cm³/mol. The van der Waals surface area contributed by atoms with Gasteiger partial charge in [-0.2, -0.15) is 0 Å². The number of nitrogens with zero attached hydrogens (tertiary/aromatic N) is 3. The molecule has 0 amide bonds. The summed E-state index contributed by atoms with van der Waals surface area (Å²) in [4.78, 5) is 8.90. The summed E-state index contributed by atoms with van der Waals surface area (Å²) in [6, 6.07) is 15.7. The van der Waals surface area contributed by atoms with Crippen molar-refractivity contribution in [2.75, 3.05) is 13.1 Å². The third-order valence-corrected chi connectivity index (χ3v) is 3.55. The van der Waals surface area contributed by atoms with Crippen molar-refractivity contribution in [2.24, 2.45) is 4.99 Å². The van der Waals surface area contributed by atoms with Gasteiger partial charge in [0.05, 0.1) is 12.1 Å². The lowest BCUT2D eigenvalue weighted by Gasteiger charge is -2.05. The van der Waals surface area contributed by atoms with E-state index in [1.54, 1.807) is 6.20 Å². The van der Waals surface area contributed by atoms with E-state index < -0.39 is 0 Å². The van der Waals surface area contributed by atoms with Crippen molar-refractivity contribution in [1.82, 2.24) is 15.5 Å². The van der Waals surface area contributed by atoms with Gasteiger partial charge in [-0.05, 0) is 12.1 Å². The molecule has 0 atom stereocenters. The van der Waals surface area contributed by atoms with Crippen molar-refractivity contribution in [3.8, 4) is 22.7 Å². The molecule has 1 N–H and O–H groups in total. The van der Waals surface area contributed by atoms with E-state index >= 15 is 0 Å². The minimum Gasteiger partial charge on any atom is -0.368 e. The van der Waals surface area contributed by atoms with Crippen LogP contribution in [0.4, 0.5) is 0 Å². The highest BCUT2D eigenvalue weighted by Crippen LogP contribution is 2.31. The zero-order valence-corrected chi connectivity index (χ0v) is 11.9. The third-order valence-electron chi connectivity index (χ3n) is 3.55. The highest BCUT2D eigenvalue weighted by atomic mass is 16.5. The van der Waals surface area contributed by atoms with Gasteiger partial charge in [-0.15, -0.1) is 0 Å². The van der Waals surface area contributed by atoms with Crippen molar-refractivity contribution in [1.29, 1.82) is 0 Å². The lowest BCUT2D eigenvalue weighted by molar-refractivity contribution is 0.433. The molecule has 5 heteroatoms. The molecule has 0 unspecified atom stereocenters. The Morgan fingerprint density at radius 2 is 1.86 bits per heavy atom. The fourth-order valence-electron chi connectivity index (χ4n) is 2.54. The van der Waals surface area contributed by atoms with E-state index in [0.717, 1.165) is 41.4 Å². The molecule has 2 aromatic heterocycles. The van der Waals surface area contributed by atoms with E-state index in [9.17, 15) is 0 Å². The molecule has 5 nitrogen and oxygen atoms in total. The molecule has 3 aromatic rings. The Balaban J connectivity index is 1.92.